The van der Waals surface area contributed by atoms with Gasteiger partial charge in [-0.05, 0) is 68.0 Å². The number of hydrogen-bond acceptors (Lipinski definition) is 3. The normalized spacial score (nSPS) is 14.5. The fraction of sp³-hybridized carbons (Fsp3) is 0.391. The highest BCUT2D eigenvalue weighted by molar-refractivity contribution is 5.98. The topological polar surface area (TPSA) is 67.4 Å². The van der Waals surface area contributed by atoms with E-state index in [4.69, 9.17) is 4.74 Å². The summed E-state index contributed by atoms with van der Waals surface area (Å²) in [6.45, 7) is 7.92. The number of rotatable bonds is 7. The fourth-order valence-electron chi connectivity index (χ4n) is 2.94. The quantitative estimate of drug-likeness (QED) is 0.747. The predicted octanol–water partition coefficient (Wildman–Crippen LogP) is 4.42. The molecule has 5 nitrogen and oxygen atoms in total. The average Bonchev–Trinajstić information content (AvgIpc) is 3.45. The molecular weight excluding hydrogens is 352 g/mol. The van der Waals surface area contributed by atoms with Crippen LogP contribution in [-0.4, -0.2) is 24.0 Å². The van der Waals surface area contributed by atoms with E-state index in [2.05, 4.69) is 24.5 Å². The molecule has 1 fully saturated rings. The molecule has 3 rings (SSSR count). The van der Waals surface area contributed by atoms with E-state index in [-0.39, 0.29) is 11.8 Å². The van der Waals surface area contributed by atoms with E-state index in [0.29, 0.717) is 23.2 Å². The van der Waals surface area contributed by atoms with Crippen LogP contribution < -0.4 is 15.4 Å². The highest BCUT2D eigenvalue weighted by Gasteiger charge is 2.24. The Morgan fingerprint density at radius 2 is 1.82 bits per heavy atom. The van der Waals surface area contributed by atoms with Crippen LogP contribution in [0, 0.1) is 6.92 Å². The summed E-state index contributed by atoms with van der Waals surface area (Å²) in [5.41, 5.74) is 3.28. The number of benzene rings is 2. The van der Waals surface area contributed by atoms with Crippen molar-refractivity contribution >= 4 is 17.5 Å². The summed E-state index contributed by atoms with van der Waals surface area (Å²) in [6, 6.07) is 13.3. The zero-order valence-corrected chi connectivity index (χ0v) is 16.9. The molecule has 1 aliphatic carbocycles. The van der Waals surface area contributed by atoms with Crippen molar-refractivity contribution in [3.63, 3.8) is 0 Å². The van der Waals surface area contributed by atoms with Gasteiger partial charge in [-0.1, -0.05) is 32.0 Å². The Morgan fingerprint density at radius 3 is 2.50 bits per heavy atom. The van der Waals surface area contributed by atoms with Gasteiger partial charge < -0.3 is 15.4 Å². The molecule has 2 aromatic rings. The maximum absolute atomic E-state index is 12.6. The number of nitrogens with one attached hydrogen (secondary N) is 2. The summed E-state index contributed by atoms with van der Waals surface area (Å²) in [4.78, 5) is 24.8. The van der Waals surface area contributed by atoms with Gasteiger partial charge in [0.2, 0.25) is 0 Å². The lowest BCUT2D eigenvalue weighted by molar-refractivity contribution is -0.122. The largest absolute Gasteiger partial charge is 0.481 e. The summed E-state index contributed by atoms with van der Waals surface area (Å²) < 4.78 is 5.97. The van der Waals surface area contributed by atoms with Gasteiger partial charge in [-0.3, -0.25) is 9.59 Å². The Bertz CT molecular complexity index is 872. The van der Waals surface area contributed by atoms with Gasteiger partial charge in [-0.15, -0.1) is 0 Å². The number of carbonyl (C=O) groups is 2. The molecular formula is C23H28N2O3. The van der Waals surface area contributed by atoms with Gasteiger partial charge in [0.05, 0.1) is 0 Å². The van der Waals surface area contributed by atoms with Gasteiger partial charge in [0.15, 0.2) is 6.10 Å². The van der Waals surface area contributed by atoms with Crippen molar-refractivity contribution < 1.29 is 14.3 Å². The molecule has 0 aliphatic heterocycles. The molecule has 0 aromatic heterocycles. The molecule has 0 radical (unpaired) electrons. The van der Waals surface area contributed by atoms with Crippen LogP contribution in [0.25, 0.3) is 0 Å². The summed E-state index contributed by atoms with van der Waals surface area (Å²) in [5, 5.41) is 5.80. The Hall–Kier alpha value is -2.82. The molecule has 2 N–H and O–H groups in total. The zero-order valence-electron chi connectivity index (χ0n) is 16.9. The lowest BCUT2D eigenvalue weighted by Gasteiger charge is -2.19. The van der Waals surface area contributed by atoms with Crippen LogP contribution in [0.5, 0.6) is 5.75 Å². The van der Waals surface area contributed by atoms with Crippen LogP contribution in [0.15, 0.2) is 42.5 Å². The third kappa shape index (κ3) is 5.12. The van der Waals surface area contributed by atoms with Crippen LogP contribution in [0.4, 0.5) is 5.69 Å². The summed E-state index contributed by atoms with van der Waals surface area (Å²) in [6.07, 6.45) is 1.41. The molecule has 0 bridgehead atoms. The molecule has 1 unspecified atom stereocenters. The third-order valence-electron chi connectivity index (χ3n) is 4.77. The second-order valence-corrected chi connectivity index (χ2v) is 7.77. The lowest BCUT2D eigenvalue weighted by Crippen LogP contribution is -2.30. The monoisotopic (exact) mass is 380 g/mol. The first kappa shape index (κ1) is 19.9. The zero-order chi connectivity index (χ0) is 20.3. The van der Waals surface area contributed by atoms with Crippen molar-refractivity contribution in [2.45, 2.75) is 58.6 Å². The molecule has 0 spiro atoms. The van der Waals surface area contributed by atoms with Crippen molar-refractivity contribution in [2.24, 2.45) is 0 Å². The van der Waals surface area contributed by atoms with Gasteiger partial charge in [0.25, 0.3) is 11.8 Å². The van der Waals surface area contributed by atoms with Crippen molar-refractivity contribution in [3.8, 4) is 5.75 Å². The highest BCUT2D eigenvalue weighted by atomic mass is 16.5. The van der Waals surface area contributed by atoms with Gasteiger partial charge in [0.1, 0.15) is 5.75 Å². The van der Waals surface area contributed by atoms with Crippen molar-refractivity contribution in [1.29, 1.82) is 0 Å². The minimum atomic E-state index is -0.664. The average molecular weight is 380 g/mol. The smallest absolute Gasteiger partial charge is 0.265 e. The number of amides is 2. The van der Waals surface area contributed by atoms with E-state index in [1.54, 1.807) is 31.2 Å². The minimum Gasteiger partial charge on any atom is -0.481 e. The van der Waals surface area contributed by atoms with Crippen molar-refractivity contribution in [1.82, 2.24) is 5.32 Å². The molecule has 5 heteroatoms. The van der Waals surface area contributed by atoms with Crippen LogP contribution in [0.2, 0.25) is 0 Å². The maximum Gasteiger partial charge on any atom is 0.265 e. The van der Waals surface area contributed by atoms with Gasteiger partial charge in [-0.2, -0.15) is 0 Å². The van der Waals surface area contributed by atoms with E-state index in [9.17, 15) is 9.59 Å². The summed E-state index contributed by atoms with van der Waals surface area (Å²) in [5.74, 6) is 0.669. The highest BCUT2D eigenvalue weighted by Crippen LogP contribution is 2.28. The second kappa shape index (κ2) is 8.46. The van der Waals surface area contributed by atoms with E-state index in [1.807, 2.05) is 25.1 Å². The summed E-state index contributed by atoms with van der Waals surface area (Å²) >= 11 is 0. The number of carbonyl (C=O) groups excluding carboxylic acids is 2. The Morgan fingerprint density at radius 1 is 1.07 bits per heavy atom. The van der Waals surface area contributed by atoms with Gasteiger partial charge in [-0.25, -0.2) is 0 Å². The molecule has 0 heterocycles. The Labute approximate surface area is 166 Å². The van der Waals surface area contributed by atoms with Gasteiger partial charge >= 0.3 is 0 Å². The second-order valence-electron chi connectivity index (χ2n) is 7.77. The van der Waals surface area contributed by atoms with Crippen LogP contribution in [0.1, 0.15) is 61.0 Å². The first-order valence-corrected chi connectivity index (χ1v) is 9.82. The van der Waals surface area contributed by atoms with E-state index in [1.165, 1.54) is 0 Å². The van der Waals surface area contributed by atoms with Gasteiger partial charge in [0, 0.05) is 17.3 Å². The Kier molecular flexibility index (Phi) is 6.02. The molecule has 1 atom stereocenters. The first-order valence-electron chi connectivity index (χ1n) is 9.82. The molecule has 2 aromatic carbocycles. The van der Waals surface area contributed by atoms with E-state index in [0.717, 1.165) is 29.7 Å². The van der Waals surface area contributed by atoms with E-state index < -0.39 is 6.10 Å². The SMILES string of the molecule is Cc1ccc(C(C)C)c(OC(C)C(=O)Nc2cccc(C(=O)NC3CC3)c2)c1. The maximum atomic E-state index is 12.6. The minimum absolute atomic E-state index is 0.107. The predicted molar refractivity (Wildman–Crippen MR) is 111 cm³/mol. The number of hydrogen-bond donors (Lipinski definition) is 2. The number of anilines is 1. The number of aryl methyl sites for hydroxylation is 1. The molecule has 28 heavy (non-hydrogen) atoms. The van der Waals surface area contributed by atoms with E-state index >= 15 is 0 Å². The molecule has 1 aliphatic rings. The Balaban J connectivity index is 1.66. The fourth-order valence-corrected chi connectivity index (χ4v) is 2.94. The molecule has 1 saturated carbocycles. The number of ether oxygens (including phenoxy) is 1. The van der Waals surface area contributed by atoms with Crippen LogP contribution >= 0.6 is 0 Å². The molecule has 148 valence electrons. The standard InChI is InChI=1S/C23H28N2O3/c1-14(2)20-11-8-15(3)12-21(20)28-16(4)22(26)25-19-7-5-6-17(13-19)23(27)24-18-9-10-18/h5-8,11-14,16,18H,9-10H2,1-4H3,(H,24,27)(H,25,26). The molecule has 0 saturated heterocycles. The van der Waals surface area contributed by atoms with Crippen molar-refractivity contribution in [3.05, 3.63) is 59.2 Å². The molecule has 2 amide bonds. The van der Waals surface area contributed by atoms with Crippen molar-refractivity contribution in [2.75, 3.05) is 5.32 Å². The first-order chi connectivity index (χ1) is 13.3. The third-order valence-corrected chi connectivity index (χ3v) is 4.77. The van der Waals surface area contributed by atoms with Crippen LogP contribution in [-0.2, 0) is 4.79 Å². The van der Waals surface area contributed by atoms with Crippen LogP contribution in [0.3, 0.4) is 0 Å². The lowest BCUT2D eigenvalue weighted by atomic mass is 10.0. The summed E-state index contributed by atoms with van der Waals surface area (Å²) in [7, 11) is 0.